The van der Waals surface area contributed by atoms with E-state index in [4.69, 9.17) is 14.5 Å². The summed E-state index contributed by atoms with van der Waals surface area (Å²) in [6, 6.07) is 8.54. The highest BCUT2D eigenvalue weighted by molar-refractivity contribution is 5.80. The molecular formula is C24H35N5O2. The van der Waals surface area contributed by atoms with Crippen molar-refractivity contribution >= 4 is 11.6 Å². The Bertz CT molecular complexity index is 841. The van der Waals surface area contributed by atoms with Crippen LogP contribution < -0.4 is 25.0 Å². The van der Waals surface area contributed by atoms with Gasteiger partial charge in [0.05, 0.1) is 14.2 Å². The molecule has 1 fully saturated rings. The van der Waals surface area contributed by atoms with Crippen LogP contribution >= 0.6 is 0 Å². The molecule has 0 spiro atoms. The summed E-state index contributed by atoms with van der Waals surface area (Å²) >= 11 is 0. The molecule has 0 atom stereocenters. The maximum atomic E-state index is 5.42. The summed E-state index contributed by atoms with van der Waals surface area (Å²) in [5, 5.41) is 7.01. The Kier molecular flexibility index (Phi) is 8.38. The van der Waals surface area contributed by atoms with Crippen LogP contribution in [0.3, 0.4) is 0 Å². The highest BCUT2D eigenvalue weighted by atomic mass is 16.5. The van der Waals surface area contributed by atoms with Gasteiger partial charge in [-0.2, -0.15) is 0 Å². The van der Waals surface area contributed by atoms with Crippen LogP contribution in [0.5, 0.6) is 11.5 Å². The molecule has 0 amide bonds. The smallest absolute Gasteiger partial charge is 0.191 e. The van der Waals surface area contributed by atoms with Crippen LogP contribution in [0.25, 0.3) is 0 Å². The summed E-state index contributed by atoms with van der Waals surface area (Å²) in [5.74, 6) is 2.54. The molecule has 31 heavy (non-hydrogen) atoms. The second-order valence-electron chi connectivity index (χ2n) is 7.79. The Morgan fingerprint density at radius 3 is 2.48 bits per heavy atom. The van der Waals surface area contributed by atoms with Crippen molar-refractivity contribution < 1.29 is 9.47 Å². The molecule has 7 heteroatoms. The molecule has 0 aliphatic carbocycles. The number of methoxy groups -OCH3 is 2. The van der Waals surface area contributed by atoms with Crippen LogP contribution in [-0.4, -0.2) is 57.4 Å². The number of guanidine groups is 1. The number of piperidine rings is 1. The van der Waals surface area contributed by atoms with Crippen molar-refractivity contribution in [3.05, 3.63) is 47.8 Å². The fourth-order valence-corrected chi connectivity index (χ4v) is 3.84. The van der Waals surface area contributed by atoms with Crippen molar-refractivity contribution in [2.75, 3.05) is 45.3 Å². The van der Waals surface area contributed by atoms with Crippen molar-refractivity contribution in [2.24, 2.45) is 4.99 Å². The summed E-state index contributed by atoms with van der Waals surface area (Å²) in [6.07, 6.45) is 6.78. The minimum absolute atomic E-state index is 0.407. The Morgan fingerprint density at radius 1 is 1.16 bits per heavy atom. The molecule has 0 radical (unpaired) electrons. The predicted molar refractivity (Wildman–Crippen MR) is 127 cm³/mol. The summed E-state index contributed by atoms with van der Waals surface area (Å²) < 4.78 is 10.8. The number of hydrogen-bond donors (Lipinski definition) is 2. The van der Waals surface area contributed by atoms with Gasteiger partial charge in [-0.05, 0) is 50.3 Å². The Hall–Kier alpha value is -2.96. The topological polar surface area (TPSA) is 71.0 Å². The van der Waals surface area contributed by atoms with Crippen molar-refractivity contribution in [1.82, 2.24) is 15.6 Å². The molecule has 1 aliphatic heterocycles. The molecule has 0 bridgehead atoms. The van der Waals surface area contributed by atoms with E-state index in [1.165, 1.54) is 11.1 Å². The molecule has 3 rings (SSSR count). The Balaban J connectivity index is 1.54. The largest absolute Gasteiger partial charge is 0.497 e. The van der Waals surface area contributed by atoms with Gasteiger partial charge in [0.1, 0.15) is 11.5 Å². The first-order chi connectivity index (χ1) is 15.1. The number of benzene rings is 1. The SMILES string of the molecule is CCNC(=NCCc1ccncc1C)NC1CCN(c2cc(OC)cc(OC)c2)CC1. The Labute approximate surface area is 185 Å². The number of pyridine rings is 1. The zero-order valence-electron chi connectivity index (χ0n) is 19.1. The van der Waals surface area contributed by atoms with E-state index in [9.17, 15) is 0 Å². The van der Waals surface area contributed by atoms with E-state index >= 15 is 0 Å². The molecule has 2 aromatic rings. The van der Waals surface area contributed by atoms with Gasteiger partial charge in [-0.25, -0.2) is 0 Å². The Morgan fingerprint density at radius 2 is 1.87 bits per heavy atom. The quantitative estimate of drug-likeness (QED) is 0.500. The molecule has 7 nitrogen and oxygen atoms in total. The average molecular weight is 426 g/mol. The van der Waals surface area contributed by atoms with Crippen LogP contribution in [0.2, 0.25) is 0 Å². The van der Waals surface area contributed by atoms with Gasteiger partial charge in [-0.3, -0.25) is 9.98 Å². The van der Waals surface area contributed by atoms with Gasteiger partial charge in [0.2, 0.25) is 0 Å². The van der Waals surface area contributed by atoms with Crippen molar-refractivity contribution in [1.29, 1.82) is 0 Å². The van der Waals surface area contributed by atoms with Crippen LogP contribution in [0.1, 0.15) is 30.9 Å². The molecule has 1 aliphatic rings. The van der Waals surface area contributed by atoms with E-state index in [-0.39, 0.29) is 0 Å². The van der Waals surface area contributed by atoms with Crippen LogP contribution in [0.15, 0.2) is 41.7 Å². The lowest BCUT2D eigenvalue weighted by atomic mass is 10.0. The molecular weight excluding hydrogens is 390 g/mol. The zero-order valence-corrected chi connectivity index (χ0v) is 19.1. The molecule has 1 aromatic carbocycles. The molecule has 1 aromatic heterocycles. The molecule has 2 N–H and O–H groups in total. The average Bonchev–Trinajstić information content (AvgIpc) is 2.80. The lowest BCUT2D eigenvalue weighted by molar-refractivity contribution is 0.393. The monoisotopic (exact) mass is 425 g/mol. The second kappa shape index (κ2) is 11.4. The summed E-state index contributed by atoms with van der Waals surface area (Å²) in [7, 11) is 3.37. The molecule has 168 valence electrons. The zero-order chi connectivity index (χ0) is 22.1. The van der Waals surface area contributed by atoms with Gasteiger partial charge in [0.25, 0.3) is 0 Å². The maximum absolute atomic E-state index is 5.42. The van der Waals surface area contributed by atoms with E-state index < -0.39 is 0 Å². The van der Waals surface area contributed by atoms with Gasteiger partial charge in [0, 0.05) is 68.5 Å². The number of nitrogens with zero attached hydrogens (tertiary/aromatic N) is 3. The third kappa shape index (κ3) is 6.51. The van der Waals surface area contributed by atoms with Gasteiger partial charge in [0.15, 0.2) is 5.96 Å². The van der Waals surface area contributed by atoms with Gasteiger partial charge in [-0.1, -0.05) is 0 Å². The summed E-state index contributed by atoms with van der Waals surface area (Å²) in [5.41, 5.74) is 3.66. The number of aryl methyl sites for hydroxylation is 1. The van der Waals surface area contributed by atoms with E-state index in [2.05, 4.69) is 52.6 Å². The molecule has 1 saturated heterocycles. The highest BCUT2D eigenvalue weighted by Crippen LogP contribution is 2.30. The molecule has 2 heterocycles. The number of nitrogens with one attached hydrogen (secondary N) is 2. The van der Waals surface area contributed by atoms with Crippen molar-refractivity contribution in [3.8, 4) is 11.5 Å². The van der Waals surface area contributed by atoms with E-state index in [0.717, 1.165) is 68.6 Å². The first kappa shape index (κ1) is 22.7. The third-order valence-electron chi connectivity index (χ3n) is 5.67. The lowest BCUT2D eigenvalue weighted by Crippen LogP contribution is -2.48. The van der Waals surface area contributed by atoms with Gasteiger partial charge >= 0.3 is 0 Å². The molecule has 0 unspecified atom stereocenters. The number of ether oxygens (including phenoxy) is 2. The maximum Gasteiger partial charge on any atom is 0.191 e. The number of hydrogen-bond acceptors (Lipinski definition) is 5. The fourth-order valence-electron chi connectivity index (χ4n) is 3.84. The fraction of sp³-hybridized carbons (Fsp3) is 0.500. The predicted octanol–water partition coefficient (Wildman–Crippen LogP) is 3.17. The number of aromatic nitrogens is 1. The normalized spacial score (nSPS) is 15.0. The summed E-state index contributed by atoms with van der Waals surface area (Å²) in [4.78, 5) is 11.3. The van der Waals surface area contributed by atoms with Crippen LogP contribution in [0, 0.1) is 6.92 Å². The highest BCUT2D eigenvalue weighted by Gasteiger charge is 2.21. The number of anilines is 1. The minimum Gasteiger partial charge on any atom is -0.497 e. The van der Waals surface area contributed by atoms with Gasteiger partial charge < -0.3 is 25.0 Å². The van der Waals surface area contributed by atoms with E-state index in [1.807, 2.05) is 18.5 Å². The lowest BCUT2D eigenvalue weighted by Gasteiger charge is -2.34. The van der Waals surface area contributed by atoms with Crippen LogP contribution in [0.4, 0.5) is 5.69 Å². The minimum atomic E-state index is 0.407. The third-order valence-corrected chi connectivity index (χ3v) is 5.67. The number of aliphatic imine (C=N–C) groups is 1. The second-order valence-corrected chi connectivity index (χ2v) is 7.79. The van der Waals surface area contributed by atoms with E-state index in [0.29, 0.717) is 6.04 Å². The standard InChI is InChI=1S/C24H35N5O2/c1-5-26-24(27-11-7-19-6-10-25-17-18(19)2)28-20-8-12-29(13-9-20)21-14-22(30-3)16-23(15-21)31-4/h6,10,14-17,20H,5,7-9,11-13H2,1-4H3,(H2,26,27,28). The van der Waals surface area contributed by atoms with Crippen molar-refractivity contribution in [3.63, 3.8) is 0 Å². The first-order valence-electron chi connectivity index (χ1n) is 11.0. The summed E-state index contributed by atoms with van der Waals surface area (Å²) in [6.45, 7) is 7.75. The van der Waals surface area contributed by atoms with Gasteiger partial charge in [-0.15, -0.1) is 0 Å². The van der Waals surface area contributed by atoms with Crippen LogP contribution in [-0.2, 0) is 6.42 Å². The molecule has 0 saturated carbocycles. The van der Waals surface area contributed by atoms with E-state index in [1.54, 1.807) is 14.2 Å². The van der Waals surface area contributed by atoms with Crippen molar-refractivity contribution in [2.45, 2.75) is 39.2 Å². The first-order valence-corrected chi connectivity index (χ1v) is 11.0. The number of rotatable bonds is 8.